The summed E-state index contributed by atoms with van der Waals surface area (Å²) in [5.74, 6) is 0. The van der Waals surface area contributed by atoms with E-state index in [0.29, 0.717) is 0 Å². The van der Waals surface area contributed by atoms with Gasteiger partial charge in [0.2, 0.25) is 0 Å². The Morgan fingerprint density at radius 2 is 0.600 bits per heavy atom. The molecule has 0 spiro atoms. The third-order valence-corrected chi connectivity index (χ3v) is 9.00. The second-order valence-corrected chi connectivity index (χ2v) is 10.9. The predicted molar refractivity (Wildman–Crippen MR) is 74.4 cm³/mol. The van der Waals surface area contributed by atoms with E-state index in [-0.39, 0.29) is 44.9 Å². The molecular weight excluding hydrogens is 313 g/mol. The Bertz CT molecular complexity index is 68.6. The van der Waals surface area contributed by atoms with Gasteiger partial charge >= 0.3 is 0 Å². The Hall–Kier alpha value is 1.36. The van der Waals surface area contributed by atoms with Gasteiger partial charge < -0.3 is 0 Å². The van der Waals surface area contributed by atoms with Crippen molar-refractivity contribution in [1.82, 2.24) is 0 Å². The standard InChI is InChI=1S/2C6H15Si.Cd/c2*1-4-7(5-2)6-3;/h2*4-6H2,1-3H3;. The summed E-state index contributed by atoms with van der Waals surface area (Å²) in [6, 6.07) is 8.74. The zero-order chi connectivity index (χ0) is 11.4. The molecule has 0 aromatic rings. The van der Waals surface area contributed by atoms with Crippen LogP contribution in [0.5, 0.6) is 0 Å². The van der Waals surface area contributed by atoms with Crippen molar-refractivity contribution in [3.63, 3.8) is 0 Å². The first-order chi connectivity index (χ1) is 6.69. The van der Waals surface area contributed by atoms with Crippen LogP contribution in [0.3, 0.4) is 0 Å². The Kier molecular flexibility index (Phi) is 25.6. The second-order valence-electron chi connectivity index (χ2n) is 3.62. The average Bonchev–Trinajstić information content (AvgIpc) is 2.24. The van der Waals surface area contributed by atoms with Crippen molar-refractivity contribution in [2.75, 3.05) is 0 Å². The molecule has 0 saturated carbocycles. The number of hydrogen-bond donors (Lipinski definition) is 0. The van der Waals surface area contributed by atoms with Crippen LogP contribution < -0.4 is 0 Å². The van der Waals surface area contributed by atoms with Gasteiger partial charge in [0.05, 0.1) is 0 Å². The third kappa shape index (κ3) is 15.4. The Balaban J connectivity index is -0.000000180. The monoisotopic (exact) mass is 344 g/mol. The van der Waals surface area contributed by atoms with Gasteiger partial charge in [-0.05, 0) is 0 Å². The molecule has 0 bridgehead atoms. The van der Waals surface area contributed by atoms with Crippen molar-refractivity contribution in [3.8, 4) is 0 Å². The van der Waals surface area contributed by atoms with E-state index in [2.05, 4.69) is 41.5 Å². The zero-order valence-electron chi connectivity index (χ0n) is 11.9. The van der Waals surface area contributed by atoms with Crippen LogP contribution in [-0.2, 0) is 27.3 Å². The van der Waals surface area contributed by atoms with Crippen LogP contribution in [-0.4, -0.2) is 17.6 Å². The molecule has 0 aromatic carbocycles. The molecule has 0 aromatic heterocycles. The molecule has 3 heteroatoms. The van der Waals surface area contributed by atoms with E-state index in [1.165, 1.54) is 36.3 Å². The van der Waals surface area contributed by atoms with Gasteiger partial charge in [-0.3, -0.25) is 0 Å². The van der Waals surface area contributed by atoms with E-state index >= 15 is 0 Å². The van der Waals surface area contributed by atoms with Gasteiger partial charge in [-0.2, -0.15) is 0 Å². The average molecular weight is 343 g/mol. The van der Waals surface area contributed by atoms with Gasteiger partial charge in [0.15, 0.2) is 0 Å². The minimum absolute atomic E-state index is 0. The summed E-state index contributed by atoms with van der Waals surface area (Å²) in [7, 11) is 0.275. The van der Waals surface area contributed by atoms with Gasteiger partial charge in [0, 0.05) is 44.9 Å². The fraction of sp³-hybridized carbons (Fsp3) is 1.00. The van der Waals surface area contributed by atoms with Crippen LogP contribution >= 0.6 is 0 Å². The maximum atomic E-state index is 2.31. The first-order valence-corrected chi connectivity index (χ1v) is 10.6. The van der Waals surface area contributed by atoms with Crippen molar-refractivity contribution in [1.29, 1.82) is 0 Å². The molecule has 0 nitrogen and oxygen atoms in total. The van der Waals surface area contributed by atoms with Crippen LogP contribution in [0, 0.1) is 0 Å². The smallest absolute Gasteiger partial charge is 0.0470 e. The van der Waals surface area contributed by atoms with Gasteiger partial charge in [0.25, 0.3) is 0 Å². The van der Waals surface area contributed by atoms with Crippen LogP contribution in [0.1, 0.15) is 41.5 Å². The molecule has 0 heterocycles. The molecule has 0 saturated heterocycles. The Morgan fingerprint density at radius 1 is 0.467 bits per heavy atom. The second kappa shape index (κ2) is 17.7. The largest absolute Gasteiger partial charge is 0.0680 e. The molecule has 0 atom stereocenters. The first kappa shape index (κ1) is 21.6. The van der Waals surface area contributed by atoms with E-state index in [1.54, 1.807) is 0 Å². The van der Waals surface area contributed by atoms with E-state index in [4.69, 9.17) is 0 Å². The van der Waals surface area contributed by atoms with Gasteiger partial charge in [-0.25, -0.2) is 0 Å². The molecule has 0 aliphatic carbocycles. The van der Waals surface area contributed by atoms with Crippen molar-refractivity contribution in [3.05, 3.63) is 0 Å². The van der Waals surface area contributed by atoms with E-state index < -0.39 is 0 Å². The molecular formula is C12H30CdSi2. The molecule has 2 radical (unpaired) electrons. The van der Waals surface area contributed by atoms with Gasteiger partial charge in [0.1, 0.15) is 0 Å². The normalized spacial score (nSPS) is 9.60. The maximum absolute atomic E-state index is 2.31. The number of rotatable bonds is 6. The summed E-state index contributed by atoms with van der Waals surface area (Å²) in [6.45, 7) is 13.8. The summed E-state index contributed by atoms with van der Waals surface area (Å²) >= 11 is 0. The minimum atomic E-state index is 0. The van der Waals surface area contributed by atoms with Crippen LogP contribution in [0.25, 0.3) is 0 Å². The summed E-state index contributed by atoms with van der Waals surface area (Å²) in [6.07, 6.45) is 0. The van der Waals surface area contributed by atoms with Crippen molar-refractivity contribution < 1.29 is 27.3 Å². The Morgan fingerprint density at radius 3 is 0.600 bits per heavy atom. The first-order valence-electron chi connectivity index (χ1n) is 6.36. The van der Waals surface area contributed by atoms with E-state index in [1.807, 2.05) is 0 Å². The molecule has 0 aliphatic rings. The van der Waals surface area contributed by atoms with Crippen molar-refractivity contribution >= 4 is 17.6 Å². The molecule has 0 unspecified atom stereocenters. The molecule has 0 rings (SSSR count). The summed E-state index contributed by atoms with van der Waals surface area (Å²) in [4.78, 5) is 0. The summed E-state index contributed by atoms with van der Waals surface area (Å²) < 4.78 is 0. The fourth-order valence-electron chi connectivity index (χ4n) is 1.50. The third-order valence-electron chi connectivity index (χ3n) is 3.00. The fourth-order valence-corrected chi connectivity index (χ4v) is 4.50. The Labute approximate surface area is 122 Å². The van der Waals surface area contributed by atoms with Gasteiger partial charge in [-0.1, -0.05) is 77.8 Å². The number of hydrogen-bond acceptors (Lipinski definition) is 0. The van der Waals surface area contributed by atoms with E-state index in [0.717, 1.165) is 0 Å². The molecule has 0 fully saturated rings. The van der Waals surface area contributed by atoms with Crippen LogP contribution in [0.15, 0.2) is 0 Å². The molecule has 0 amide bonds. The molecule has 88 valence electrons. The predicted octanol–water partition coefficient (Wildman–Crippen LogP) is 5.08. The summed E-state index contributed by atoms with van der Waals surface area (Å²) in [5.41, 5.74) is 0. The molecule has 15 heavy (non-hydrogen) atoms. The van der Waals surface area contributed by atoms with Crippen LogP contribution in [0.2, 0.25) is 36.3 Å². The minimum Gasteiger partial charge on any atom is -0.0680 e. The van der Waals surface area contributed by atoms with Crippen molar-refractivity contribution in [2.45, 2.75) is 77.8 Å². The molecule has 0 N–H and O–H groups in total. The quantitative estimate of drug-likeness (QED) is 0.590. The zero-order valence-corrected chi connectivity index (χ0v) is 18.0. The summed E-state index contributed by atoms with van der Waals surface area (Å²) in [5, 5.41) is 0. The van der Waals surface area contributed by atoms with Gasteiger partial charge in [-0.15, -0.1) is 0 Å². The SMILES string of the molecule is CC[Si](CC)CC.CC[Si](CC)CC.[Cd]. The topological polar surface area (TPSA) is 0 Å². The van der Waals surface area contributed by atoms with E-state index in [9.17, 15) is 0 Å². The van der Waals surface area contributed by atoms with Crippen LogP contribution in [0.4, 0.5) is 0 Å². The van der Waals surface area contributed by atoms with Crippen molar-refractivity contribution in [2.24, 2.45) is 0 Å². The maximum Gasteiger partial charge on any atom is 0.0470 e. The molecule has 0 aliphatic heterocycles.